The number of hydrogen-bond donors (Lipinski definition) is 2. The SMILES string of the molecule is Cc1ccc2c(c1)OC(C)CN2C(=O)CNC(=O)CN.Cl. The smallest absolute Gasteiger partial charge is 0.246 e. The van der Waals surface area contributed by atoms with E-state index in [1.165, 1.54) is 0 Å². The Morgan fingerprint density at radius 3 is 2.86 bits per heavy atom. The standard InChI is InChI=1S/C14H19N3O3.ClH/c1-9-3-4-11-12(5-9)20-10(2)8-17(11)14(19)7-16-13(18)6-15;/h3-5,10H,6-8,15H2,1-2H3,(H,16,18);1H. The van der Waals surface area contributed by atoms with Crippen LogP contribution in [0.4, 0.5) is 5.69 Å². The maximum atomic E-state index is 12.2. The van der Waals surface area contributed by atoms with E-state index in [-0.39, 0.29) is 43.4 Å². The molecule has 3 N–H and O–H groups in total. The molecule has 1 aliphatic heterocycles. The Balaban J connectivity index is 0.00000220. The van der Waals surface area contributed by atoms with Crippen molar-refractivity contribution in [1.29, 1.82) is 0 Å². The van der Waals surface area contributed by atoms with Gasteiger partial charge >= 0.3 is 0 Å². The zero-order valence-corrected chi connectivity index (χ0v) is 12.9. The van der Waals surface area contributed by atoms with Crippen molar-refractivity contribution >= 4 is 29.9 Å². The Morgan fingerprint density at radius 1 is 1.48 bits per heavy atom. The van der Waals surface area contributed by atoms with Crippen molar-refractivity contribution in [3.63, 3.8) is 0 Å². The molecule has 0 spiro atoms. The van der Waals surface area contributed by atoms with Gasteiger partial charge in [-0.25, -0.2) is 0 Å². The molecule has 0 saturated heterocycles. The van der Waals surface area contributed by atoms with Crippen LogP contribution in [0, 0.1) is 6.92 Å². The minimum absolute atomic E-state index is 0. The quantitative estimate of drug-likeness (QED) is 0.856. The molecule has 0 radical (unpaired) electrons. The van der Waals surface area contributed by atoms with E-state index in [9.17, 15) is 9.59 Å². The maximum Gasteiger partial charge on any atom is 0.246 e. The summed E-state index contributed by atoms with van der Waals surface area (Å²) in [5, 5.41) is 2.49. The molecule has 1 heterocycles. The molecule has 0 aromatic heterocycles. The molecule has 1 aromatic rings. The normalized spacial score (nSPS) is 16.3. The fourth-order valence-corrected chi connectivity index (χ4v) is 2.13. The molecule has 116 valence electrons. The van der Waals surface area contributed by atoms with Gasteiger partial charge in [0.15, 0.2) is 0 Å². The third-order valence-electron chi connectivity index (χ3n) is 3.10. The van der Waals surface area contributed by atoms with Crippen molar-refractivity contribution in [2.45, 2.75) is 20.0 Å². The Hall–Kier alpha value is -1.79. The van der Waals surface area contributed by atoms with Gasteiger partial charge in [0.2, 0.25) is 11.8 Å². The summed E-state index contributed by atoms with van der Waals surface area (Å²) < 4.78 is 5.74. The second-order valence-electron chi connectivity index (χ2n) is 4.88. The molecule has 2 rings (SSSR count). The summed E-state index contributed by atoms with van der Waals surface area (Å²) in [6, 6.07) is 5.69. The molecule has 21 heavy (non-hydrogen) atoms. The molecule has 0 saturated carbocycles. The van der Waals surface area contributed by atoms with Crippen LogP contribution < -0.4 is 20.7 Å². The van der Waals surface area contributed by atoms with Crippen LogP contribution in [-0.4, -0.2) is 37.6 Å². The van der Waals surface area contributed by atoms with Gasteiger partial charge < -0.3 is 20.7 Å². The van der Waals surface area contributed by atoms with E-state index in [0.717, 1.165) is 11.3 Å². The average molecular weight is 314 g/mol. The van der Waals surface area contributed by atoms with Gasteiger partial charge in [0, 0.05) is 0 Å². The number of fused-ring (bicyclic) bond motifs is 1. The highest BCUT2D eigenvalue weighted by Gasteiger charge is 2.27. The molecule has 7 heteroatoms. The summed E-state index contributed by atoms with van der Waals surface area (Å²) in [6.45, 7) is 4.16. The van der Waals surface area contributed by atoms with Gasteiger partial charge in [-0.3, -0.25) is 9.59 Å². The van der Waals surface area contributed by atoms with Gasteiger partial charge in [0.1, 0.15) is 11.9 Å². The number of hydrogen-bond acceptors (Lipinski definition) is 4. The first-order chi connectivity index (χ1) is 9.51. The summed E-state index contributed by atoms with van der Waals surface area (Å²) in [4.78, 5) is 25.0. The lowest BCUT2D eigenvalue weighted by molar-refractivity contribution is -0.124. The summed E-state index contributed by atoms with van der Waals surface area (Å²) >= 11 is 0. The van der Waals surface area contributed by atoms with Crippen LogP contribution in [-0.2, 0) is 9.59 Å². The number of anilines is 1. The second kappa shape index (κ2) is 7.28. The molecule has 0 aliphatic carbocycles. The summed E-state index contributed by atoms with van der Waals surface area (Å²) in [5.41, 5.74) is 7.00. The Morgan fingerprint density at radius 2 is 2.19 bits per heavy atom. The summed E-state index contributed by atoms with van der Waals surface area (Å²) in [5.74, 6) is 0.179. The fraction of sp³-hybridized carbons (Fsp3) is 0.429. The Labute approximate surface area is 130 Å². The maximum absolute atomic E-state index is 12.2. The number of carbonyl (C=O) groups is 2. The van der Waals surface area contributed by atoms with E-state index in [4.69, 9.17) is 10.5 Å². The molecule has 1 atom stereocenters. The molecule has 2 amide bonds. The van der Waals surface area contributed by atoms with Crippen molar-refractivity contribution in [1.82, 2.24) is 5.32 Å². The summed E-state index contributed by atoms with van der Waals surface area (Å²) in [7, 11) is 0. The minimum Gasteiger partial charge on any atom is -0.487 e. The molecule has 1 unspecified atom stereocenters. The van der Waals surface area contributed by atoms with Crippen molar-refractivity contribution < 1.29 is 14.3 Å². The number of carbonyl (C=O) groups excluding carboxylic acids is 2. The number of benzene rings is 1. The van der Waals surface area contributed by atoms with Gasteiger partial charge in [0.25, 0.3) is 0 Å². The van der Waals surface area contributed by atoms with Crippen LogP contribution >= 0.6 is 12.4 Å². The van der Waals surface area contributed by atoms with E-state index < -0.39 is 0 Å². The number of nitrogens with zero attached hydrogens (tertiary/aromatic N) is 1. The molecule has 0 bridgehead atoms. The molecule has 0 fully saturated rings. The lowest BCUT2D eigenvalue weighted by Gasteiger charge is -2.33. The van der Waals surface area contributed by atoms with Gasteiger partial charge in [-0.1, -0.05) is 6.07 Å². The lowest BCUT2D eigenvalue weighted by Crippen LogP contribution is -2.47. The predicted octanol–water partition coefficient (Wildman–Crippen LogP) is 0.606. The third-order valence-corrected chi connectivity index (χ3v) is 3.10. The molecular weight excluding hydrogens is 294 g/mol. The molecular formula is C14H20ClN3O3. The number of halogens is 1. The fourth-order valence-electron chi connectivity index (χ4n) is 2.13. The van der Waals surface area contributed by atoms with E-state index >= 15 is 0 Å². The van der Waals surface area contributed by atoms with Crippen LogP contribution in [0.5, 0.6) is 5.75 Å². The van der Waals surface area contributed by atoms with Crippen LogP contribution in [0.3, 0.4) is 0 Å². The number of amides is 2. The van der Waals surface area contributed by atoms with Crippen molar-refractivity contribution in [3.05, 3.63) is 23.8 Å². The highest BCUT2D eigenvalue weighted by atomic mass is 35.5. The van der Waals surface area contributed by atoms with Gasteiger partial charge in [-0.2, -0.15) is 0 Å². The summed E-state index contributed by atoms with van der Waals surface area (Å²) in [6.07, 6.45) is -0.0848. The van der Waals surface area contributed by atoms with E-state index in [1.807, 2.05) is 32.0 Å². The highest BCUT2D eigenvalue weighted by Crippen LogP contribution is 2.34. The van der Waals surface area contributed by atoms with Crippen LogP contribution in [0.2, 0.25) is 0 Å². The largest absolute Gasteiger partial charge is 0.487 e. The van der Waals surface area contributed by atoms with Gasteiger partial charge in [0.05, 0.1) is 25.3 Å². The predicted molar refractivity (Wildman–Crippen MR) is 82.9 cm³/mol. The van der Waals surface area contributed by atoms with Crippen molar-refractivity contribution in [3.8, 4) is 5.75 Å². The first kappa shape index (κ1) is 17.3. The second-order valence-corrected chi connectivity index (χ2v) is 4.88. The zero-order valence-electron chi connectivity index (χ0n) is 12.1. The van der Waals surface area contributed by atoms with Gasteiger partial charge in [-0.05, 0) is 31.5 Å². The van der Waals surface area contributed by atoms with Crippen LogP contribution in [0.1, 0.15) is 12.5 Å². The van der Waals surface area contributed by atoms with E-state index in [0.29, 0.717) is 12.3 Å². The highest BCUT2D eigenvalue weighted by molar-refractivity contribution is 5.98. The number of rotatable bonds is 3. The minimum atomic E-state index is -0.344. The van der Waals surface area contributed by atoms with Crippen molar-refractivity contribution in [2.24, 2.45) is 5.73 Å². The zero-order chi connectivity index (χ0) is 14.7. The van der Waals surface area contributed by atoms with Crippen LogP contribution in [0.15, 0.2) is 18.2 Å². The Kier molecular flexibility index (Phi) is 5.99. The Bertz CT molecular complexity index is 536. The number of nitrogens with one attached hydrogen (secondary N) is 1. The number of ether oxygens (including phenoxy) is 1. The lowest BCUT2D eigenvalue weighted by atomic mass is 10.1. The molecule has 1 aliphatic rings. The monoisotopic (exact) mass is 313 g/mol. The molecule has 6 nitrogen and oxygen atoms in total. The first-order valence-corrected chi connectivity index (χ1v) is 6.55. The topological polar surface area (TPSA) is 84.7 Å². The molecule has 1 aromatic carbocycles. The van der Waals surface area contributed by atoms with Gasteiger partial charge in [-0.15, -0.1) is 12.4 Å². The van der Waals surface area contributed by atoms with Crippen molar-refractivity contribution in [2.75, 3.05) is 24.5 Å². The number of aryl methyl sites for hydroxylation is 1. The van der Waals surface area contributed by atoms with E-state index in [2.05, 4.69) is 5.32 Å². The number of nitrogens with two attached hydrogens (primary N) is 1. The average Bonchev–Trinajstić information content (AvgIpc) is 2.42. The van der Waals surface area contributed by atoms with Crippen LogP contribution in [0.25, 0.3) is 0 Å². The first-order valence-electron chi connectivity index (χ1n) is 6.55. The third kappa shape index (κ3) is 4.09. The van der Waals surface area contributed by atoms with E-state index in [1.54, 1.807) is 4.90 Å².